The lowest BCUT2D eigenvalue weighted by Gasteiger charge is -2.32. The summed E-state index contributed by atoms with van der Waals surface area (Å²) in [7, 11) is 2.09. The zero-order chi connectivity index (χ0) is 22.6. The van der Waals surface area contributed by atoms with E-state index in [9.17, 15) is 14.9 Å². The van der Waals surface area contributed by atoms with Crippen LogP contribution in [0.1, 0.15) is 51.5 Å². The highest BCUT2D eigenvalue weighted by Crippen LogP contribution is 2.28. The first kappa shape index (κ1) is 25.6. The number of nitrogens with zero attached hydrogens (tertiary/aromatic N) is 3. The molecule has 0 aromatic heterocycles. The van der Waals surface area contributed by atoms with E-state index in [0.29, 0.717) is 31.2 Å². The van der Waals surface area contributed by atoms with E-state index in [0.717, 1.165) is 62.3 Å². The van der Waals surface area contributed by atoms with Gasteiger partial charge in [-0.25, -0.2) is 0 Å². The molecule has 0 saturated carbocycles. The van der Waals surface area contributed by atoms with Crippen molar-refractivity contribution < 1.29 is 14.5 Å². The first-order valence-corrected chi connectivity index (χ1v) is 12.4. The number of likely N-dealkylation sites (N-methyl/N-ethyl adjacent to an activating group) is 1. The molecule has 1 aliphatic heterocycles. The van der Waals surface area contributed by atoms with E-state index < -0.39 is 0 Å². The third-order valence-corrected chi connectivity index (χ3v) is 6.84. The van der Waals surface area contributed by atoms with E-state index >= 15 is 0 Å². The van der Waals surface area contributed by atoms with Crippen LogP contribution in [0.2, 0.25) is 0 Å². The number of unbranched alkanes of at least 4 members (excludes halogenated alkanes) is 1. The number of nitro benzene ring substituents is 1. The van der Waals surface area contributed by atoms with Gasteiger partial charge in [-0.2, -0.15) is 0 Å². The number of piperazine rings is 1. The Morgan fingerprint density at radius 1 is 1.26 bits per heavy atom. The Kier molecular flexibility index (Phi) is 11.3. The predicted octanol–water partition coefficient (Wildman–Crippen LogP) is 4.58. The maximum Gasteiger partial charge on any atom is 0.306 e. The van der Waals surface area contributed by atoms with Crippen molar-refractivity contribution in [3.8, 4) is 0 Å². The molecule has 0 radical (unpaired) electrons. The average Bonchev–Trinajstić information content (AvgIpc) is 2.76. The summed E-state index contributed by atoms with van der Waals surface area (Å²) in [5.41, 5.74) is 0.907. The minimum atomic E-state index is -0.301. The van der Waals surface area contributed by atoms with Crippen LogP contribution < -0.4 is 0 Å². The van der Waals surface area contributed by atoms with Crippen LogP contribution in [0.25, 0.3) is 0 Å². The molecule has 0 amide bonds. The van der Waals surface area contributed by atoms with Crippen LogP contribution in [0.5, 0.6) is 0 Å². The molecule has 31 heavy (non-hydrogen) atoms. The zero-order valence-electron chi connectivity index (χ0n) is 19.2. The number of carbonyl (C=O) groups is 1. The van der Waals surface area contributed by atoms with Crippen LogP contribution in [-0.2, 0) is 16.1 Å². The van der Waals surface area contributed by atoms with Gasteiger partial charge in [0, 0.05) is 55.0 Å². The number of nitro groups is 1. The smallest absolute Gasteiger partial charge is 0.306 e. The summed E-state index contributed by atoms with van der Waals surface area (Å²) >= 11 is 1.46. The Morgan fingerprint density at radius 3 is 2.65 bits per heavy atom. The molecule has 0 N–H and O–H groups in total. The molecule has 0 aliphatic carbocycles. The quantitative estimate of drug-likeness (QED) is 0.188. The lowest BCUT2D eigenvalue weighted by molar-refractivity contribution is -0.386. The topological polar surface area (TPSA) is 75.9 Å². The van der Waals surface area contributed by atoms with E-state index in [1.54, 1.807) is 6.07 Å². The summed E-state index contributed by atoms with van der Waals surface area (Å²) in [5, 5.41) is 11.6. The number of ether oxygens (including phenoxy) is 1. The molecule has 1 aromatic rings. The minimum Gasteiger partial charge on any atom is -0.465 e. The summed E-state index contributed by atoms with van der Waals surface area (Å²) in [4.78, 5) is 28.7. The molecule has 174 valence electrons. The predicted molar refractivity (Wildman–Crippen MR) is 125 cm³/mol. The van der Waals surface area contributed by atoms with Gasteiger partial charge in [-0.15, -0.1) is 11.8 Å². The zero-order valence-corrected chi connectivity index (χ0v) is 20.0. The van der Waals surface area contributed by atoms with Crippen molar-refractivity contribution >= 4 is 23.4 Å². The van der Waals surface area contributed by atoms with Crippen LogP contribution >= 0.6 is 11.8 Å². The van der Waals surface area contributed by atoms with Gasteiger partial charge in [0.05, 0.1) is 18.0 Å². The summed E-state index contributed by atoms with van der Waals surface area (Å²) in [6, 6.07) is 5.42. The Morgan fingerprint density at radius 2 is 2.00 bits per heavy atom. The number of carbonyl (C=O) groups excluding carboxylic acids is 1. The molecule has 1 atom stereocenters. The highest BCUT2D eigenvalue weighted by atomic mass is 32.2. The fourth-order valence-electron chi connectivity index (χ4n) is 3.62. The summed E-state index contributed by atoms with van der Waals surface area (Å²) < 4.78 is 5.43. The van der Waals surface area contributed by atoms with Crippen LogP contribution in [0, 0.1) is 16.0 Å². The van der Waals surface area contributed by atoms with Crippen molar-refractivity contribution in [2.75, 3.05) is 45.6 Å². The van der Waals surface area contributed by atoms with Gasteiger partial charge in [0.1, 0.15) is 0 Å². The van der Waals surface area contributed by atoms with Crippen molar-refractivity contribution in [2.45, 2.75) is 57.4 Å². The van der Waals surface area contributed by atoms with E-state index in [-0.39, 0.29) is 16.6 Å². The fraction of sp³-hybridized carbons (Fsp3) is 0.696. The number of esters is 1. The number of hydrogen-bond donors (Lipinski definition) is 0. The second-order valence-electron chi connectivity index (χ2n) is 8.33. The average molecular weight is 452 g/mol. The molecular weight excluding hydrogens is 414 g/mol. The Bertz CT molecular complexity index is 708. The van der Waals surface area contributed by atoms with Gasteiger partial charge in [0.25, 0.3) is 5.69 Å². The van der Waals surface area contributed by atoms with E-state index in [1.165, 1.54) is 11.8 Å². The molecule has 1 fully saturated rings. The summed E-state index contributed by atoms with van der Waals surface area (Å²) in [6.07, 6.45) is 4.74. The molecule has 1 heterocycles. The number of benzene rings is 1. The van der Waals surface area contributed by atoms with Crippen molar-refractivity contribution in [3.05, 3.63) is 33.9 Å². The Hall–Kier alpha value is -1.64. The van der Waals surface area contributed by atoms with E-state index in [2.05, 4.69) is 30.7 Å². The maximum absolute atomic E-state index is 12.0. The molecule has 0 bridgehead atoms. The molecule has 0 spiro atoms. The molecule has 2 rings (SSSR count). The van der Waals surface area contributed by atoms with Crippen LogP contribution in [0.15, 0.2) is 23.1 Å². The van der Waals surface area contributed by atoms with Gasteiger partial charge in [-0.1, -0.05) is 33.1 Å². The normalized spacial score (nSPS) is 16.2. The summed E-state index contributed by atoms with van der Waals surface area (Å²) in [5.74, 6) is 0.801. The third kappa shape index (κ3) is 9.17. The van der Waals surface area contributed by atoms with Gasteiger partial charge in [0.15, 0.2) is 0 Å². The molecule has 1 saturated heterocycles. The highest BCUT2D eigenvalue weighted by Gasteiger charge is 2.20. The molecular formula is C23H37N3O4S. The van der Waals surface area contributed by atoms with E-state index in [4.69, 9.17) is 4.74 Å². The van der Waals surface area contributed by atoms with Crippen LogP contribution in [0.3, 0.4) is 0 Å². The van der Waals surface area contributed by atoms with Gasteiger partial charge >= 0.3 is 5.97 Å². The Labute approximate surface area is 190 Å². The molecule has 7 nitrogen and oxygen atoms in total. The lowest BCUT2D eigenvalue weighted by Crippen LogP contribution is -2.43. The SMILES string of the molecule is CCCCC(CC)COC(=O)CCSc1ccc(CN2CCN(C)CC2)c([N+](=O)[O-])c1. The van der Waals surface area contributed by atoms with Crippen molar-refractivity contribution in [1.29, 1.82) is 0 Å². The molecule has 1 unspecified atom stereocenters. The largest absolute Gasteiger partial charge is 0.465 e. The van der Waals surface area contributed by atoms with Gasteiger partial charge in [-0.05, 0) is 31.5 Å². The molecule has 8 heteroatoms. The third-order valence-electron chi connectivity index (χ3n) is 5.84. The monoisotopic (exact) mass is 451 g/mol. The number of hydrogen-bond acceptors (Lipinski definition) is 7. The highest BCUT2D eigenvalue weighted by molar-refractivity contribution is 7.99. The van der Waals surface area contributed by atoms with Gasteiger partial charge < -0.3 is 9.64 Å². The Balaban J connectivity index is 1.81. The molecule has 1 aromatic carbocycles. The number of thioether (sulfide) groups is 1. The lowest BCUT2D eigenvalue weighted by atomic mass is 10.0. The minimum absolute atomic E-state index is 0.160. The first-order chi connectivity index (χ1) is 14.9. The van der Waals surface area contributed by atoms with Crippen molar-refractivity contribution in [3.63, 3.8) is 0 Å². The maximum atomic E-state index is 12.0. The van der Waals surface area contributed by atoms with Crippen LogP contribution in [-0.4, -0.2) is 66.3 Å². The van der Waals surface area contributed by atoms with Gasteiger partial charge in [0.2, 0.25) is 0 Å². The molecule has 1 aliphatic rings. The standard InChI is InChI=1S/C23H37N3O4S/c1-4-6-7-19(5-2)18-30-23(27)10-15-31-21-9-8-20(22(16-21)26(28)29)17-25-13-11-24(3)12-14-25/h8-9,16,19H,4-7,10-15,17-18H2,1-3H3. The van der Waals surface area contributed by atoms with E-state index in [1.807, 2.05) is 12.1 Å². The van der Waals surface area contributed by atoms with Crippen molar-refractivity contribution in [2.24, 2.45) is 5.92 Å². The summed E-state index contributed by atoms with van der Waals surface area (Å²) in [6.45, 7) is 9.19. The second kappa shape index (κ2) is 13.7. The van der Waals surface area contributed by atoms with Crippen LogP contribution in [0.4, 0.5) is 5.69 Å². The first-order valence-electron chi connectivity index (χ1n) is 11.4. The number of rotatable bonds is 13. The fourth-order valence-corrected chi connectivity index (χ4v) is 4.48. The second-order valence-corrected chi connectivity index (χ2v) is 9.49. The van der Waals surface area contributed by atoms with Gasteiger partial charge in [-0.3, -0.25) is 19.8 Å². The van der Waals surface area contributed by atoms with Crippen molar-refractivity contribution in [1.82, 2.24) is 9.80 Å².